The highest BCUT2D eigenvalue weighted by Crippen LogP contribution is 2.24. The van der Waals surface area contributed by atoms with Crippen molar-refractivity contribution in [2.24, 2.45) is 5.73 Å². The van der Waals surface area contributed by atoms with Crippen LogP contribution >= 0.6 is 0 Å². The Balaban J connectivity index is 3.01. The number of aromatic nitrogens is 1. The fourth-order valence-electron chi connectivity index (χ4n) is 2.38. The minimum atomic E-state index is -0.00592. The van der Waals surface area contributed by atoms with E-state index in [2.05, 4.69) is 29.0 Å². The van der Waals surface area contributed by atoms with Crippen molar-refractivity contribution in [1.29, 1.82) is 0 Å². The van der Waals surface area contributed by atoms with E-state index in [9.17, 15) is 4.79 Å². The van der Waals surface area contributed by atoms with Crippen LogP contribution in [-0.4, -0.2) is 42.0 Å². The molecule has 1 heterocycles. The van der Waals surface area contributed by atoms with Gasteiger partial charge in [-0.05, 0) is 37.1 Å². The standard InChI is InChI=1S/C15H26N4O/c1-4-10-19(11-14(20)17-3)15(13(16)5-2)12-6-8-18-9-7-12/h6-9,13,15H,4-5,10-11,16H2,1-3H3,(H,17,20). The largest absolute Gasteiger partial charge is 0.358 e. The van der Waals surface area contributed by atoms with Gasteiger partial charge in [-0.3, -0.25) is 14.7 Å². The highest BCUT2D eigenvalue weighted by molar-refractivity contribution is 5.77. The van der Waals surface area contributed by atoms with Crippen molar-refractivity contribution in [3.63, 3.8) is 0 Å². The van der Waals surface area contributed by atoms with Crippen molar-refractivity contribution >= 4 is 5.91 Å². The zero-order valence-electron chi connectivity index (χ0n) is 12.7. The predicted molar refractivity (Wildman–Crippen MR) is 81.2 cm³/mol. The Hall–Kier alpha value is -1.46. The predicted octanol–water partition coefficient (Wildman–Crippen LogP) is 1.32. The number of amides is 1. The van der Waals surface area contributed by atoms with Gasteiger partial charge in [0.15, 0.2) is 0 Å². The molecule has 0 spiro atoms. The Morgan fingerprint density at radius 1 is 1.40 bits per heavy atom. The Kier molecular flexibility index (Phi) is 7.18. The van der Waals surface area contributed by atoms with Gasteiger partial charge >= 0.3 is 0 Å². The lowest BCUT2D eigenvalue weighted by Crippen LogP contribution is -2.45. The summed E-state index contributed by atoms with van der Waals surface area (Å²) in [5, 5.41) is 2.68. The van der Waals surface area contributed by atoms with Crippen LogP contribution in [0.1, 0.15) is 38.3 Å². The van der Waals surface area contributed by atoms with Crippen LogP contribution in [0.25, 0.3) is 0 Å². The average molecular weight is 278 g/mol. The highest BCUT2D eigenvalue weighted by Gasteiger charge is 2.26. The van der Waals surface area contributed by atoms with E-state index < -0.39 is 0 Å². The average Bonchev–Trinajstić information content (AvgIpc) is 2.48. The Bertz CT molecular complexity index is 396. The van der Waals surface area contributed by atoms with Gasteiger partial charge in [-0.1, -0.05) is 13.8 Å². The molecule has 20 heavy (non-hydrogen) atoms. The van der Waals surface area contributed by atoms with Crippen LogP contribution in [0, 0.1) is 0 Å². The zero-order valence-corrected chi connectivity index (χ0v) is 12.7. The molecule has 2 atom stereocenters. The van der Waals surface area contributed by atoms with E-state index in [0.717, 1.165) is 24.9 Å². The number of carbonyl (C=O) groups is 1. The summed E-state index contributed by atoms with van der Waals surface area (Å²) in [7, 11) is 1.66. The number of nitrogens with one attached hydrogen (secondary N) is 1. The van der Waals surface area contributed by atoms with Crippen LogP contribution < -0.4 is 11.1 Å². The lowest BCUT2D eigenvalue weighted by Gasteiger charge is -2.35. The summed E-state index contributed by atoms with van der Waals surface area (Å²) >= 11 is 0. The first-order chi connectivity index (χ1) is 9.63. The number of likely N-dealkylation sites (N-methyl/N-ethyl adjacent to an activating group) is 1. The minimum absolute atomic E-state index is 0.00592. The molecule has 1 aromatic heterocycles. The van der Waals surface area contributed by atoms with Crippen molar-refractivity contribution in [2.75, 3.05) is 20.1 Å². The maximum atomic E-state index is 11.7. The number of hydrogen-bond acceptors (Lipinski definition) is 4. The second kappa shape index (κ2) is 8.66. The summed E-state index contributed by atoms with van der Waals surface area (Å²) < 4.78 is 0. The number of pyridine rings is 1. The van der Waals surface area contributed by atoms with Gasteiger partial charge in [0.05, 0.1) is 12.6 Å². The number of nitrogens with two attached hydrogens (primary N) is 1. The van der Waals surface area contributed by atoms with E-state index in [4.69, 9.17) is 5.73 Å². The van der Waals surface area contributed by atoms with Gasteiger partial charge < -0.3 is 11.1 Å². The van der Waals surface area contributed by atoms with E-state index in [-0.39, 0.29) is 18.0 Å². The first-order valence-electron chi connectivity index (χ1n) is 7.24. The molecule has 5 nitrogen and oxygen atoms in total. The second-order valence-electron chi connectivity index (χ2n) is 4.94. The summed E-state index contributed by atoms with van der Waals surface area (Å²) in [6, 6.07) is 3.99. The minimum Gasteiger partial charge on any atom is -0.358 e. The van der Waals surface area contributed by atoms with E-state index >= 15 is 0 Å². The summed E-state index contributed by atoms with van der Waals surface area (Å²) in [5.41, 5.74) is 7.42. The van der Waals surface area contributed by atoms with Crippen molar-refractivity contribution in [2.45, 2.75) is 38.8 Å². The molecule has 1 rings (SSSR count). The third-order valence-corrected chi connectivity index (χ3v) is 3.45. The molecule has 1 amide bonds. The summed E-state index contributed by atoms with van der Waals surface area (Å²) in [6.07, 6.45) is 5.39. The Morgan fingerprint density at radius 3 is 2.55 bits per heavy atom. The molecule has 0 aromatic carbocycles. The smallest absolute Gasteiger partial charge is 0.233 e. The SMILES string of the molecule is CCCN(CC(=O)NC)C(c1ccncc1)C(N)CC. The molecule has 0 saturated carbocycles. The Labute approximate surface area is 121 Å². The molecule has 3 N–H and O–H groups in total. The zero-order chi connectivity index (χ0) is 15.0. The van der Waals surface area contributed by atoms with Gasteiger partial charge in [0, 0.05) is 25.5 Å². The molecule has 0 fully saturated rings. The summed E-state index contributed by atoms with van der Waals surface area (Å²) in [6.45, 7) is 5.39. The quantitative estimate of drug-likeness (QED) is 0.752. The monoisotopic (exact) mass is 278 g/mol. The normalized spacial score (nSPS) is 14.1. The fraction of sp³-hybridized carbons (Fsp3) is 0.600. The maximum absolute atomic E-state index is 11.7. The molecule has 0 aliphatic rings. The lowest BCUT2D eigenvalue weighted by atomic mass is 9.97. The van der Waals surface area contributed by atoms with Gasteiger partial charge in [0.2, 0.25) is 5.91 Å². The van der Waals surface area contributed by atoms with Gasteiger partial charge in [-0.15, -0.1) is 0 Å². The molecule has 0 saturated heterocycles. The number of rotatable bonds is 8. The fourth-order valence-corrected chi connectivity index (χ4v) is 2.38. The van der Waals surface area contributed by atoms with Crippen molar-refractivity contribution in [3.05, 3.63) is 30.1 Å². The van der Waals surface area contributed by atoms with Crippen LogP contribution in [0.4, 0.5) is 0 Å². The molecule has 0 aliphatic heterocycles. The van der Waals surface area contributed by atoms with E-state index in [1.165, 1.54) is 0 Å². The number of nitrogens with zero attached hydrogens (tertiary/aromatic N) is 2. The third kappa shape index (κ3) is 4.58. The molecular formula is C15H26N4O. The summed E-state index contributed by atoms with van der Waals surface area (Å²) in [4.78, 5) is 17.9. The summed E-state index contributed by atoms with van der Waals surface area (Å²) in [5.74, 6) is 0.0146. The molecule has 2 unspecified atom stereocenters. The molecule has 0 bridgehead atoms. The Morgan fingerprint density at radius 2 is 2.05 bits per heavy atom. The second-order valence-corrected chi connectivity index (χ2v) is 4.94. The molecule has 1 aromatic rings. The van der Waals surface area contributed by atoms with E-state index in [1.54, 1.807) is 19.4 Å². The lowest BCUT2D eigenvalue weighted by molar-refractivity contribution is -0.122. The molecule has 5 heteroatoms. The van der Waals surface area contributed by atoms with Gasteiger partial charge in [0.1, 0.15) is 0 Å². The number of carbonyl (C=O) groups excluding carboxylic acids is 1. The van der Waals surface area contributed by atoms with Crippen molar-refractivity contribution in [1.82, 2.24) is 15.2 Å². The number of hydrogen-bond donors (Lipinski definition) is 2. The van der Waals surface area contributed by atoms with Crippen LogP contribution in [0.3, 0.4) is 0 Å². The van der Waals surface area contributed by atoms with Crippen molar-refractivity contribution in [3.8, 4) is 0 Å². The third-order valence-electron chi connectivity index (χ3n) is 3.45. The molecular weight excluding hydrogens is 252 g/mol. The highest BCUT2D eigenvalue weighted by atomic mass is 16.1. The molecule has 112 valence electrons. The van der Waals surface area contributed by atoms with Crippen LogP contribution in [-0.2, 0) is 4.79 Å². The first-order valence-corrected chi connectivity index (χ1v) is 7.24. The van der Waals surface area contributed by atoms with Crippen LogP contribution in [0.15, 0.2) is 24.5 Å². The van der Waals surface area contributed by atoms with Gasteiger partial charge in [-0.25, -0.2) is 0 Å². The maximum Gasteiger partial charge on any atom is 0.233 e. The molecule has 0 radical (unpaired) electrons. The van der Waals surface area contributed by atoms with Gasteiger partial charge in [-0.2, -0.15) is 0 Å². The van der Waals surface area contributed by atoms with E-state index in [0.29, 0.717) is 6.54 Å². The van der Waals surface area contributed by atoms with Crippen molar-refractivity contribution < 1.29 is 4.79 Å². The topological polar surface area (TPSA) is 71.2 Å². The van der Waals surface area contributed by atoms with Crippen LogP contribution in [0.2, 0.25) is 0 Å². The van der Waals surface area contributed by atoms with E-state index in [1.807, 2.05) is 12.1 Å². The van der Waals surface area contributed by atoms with Gasteiger partial charge in [0.25, 0.3) is 0 Å². The van der Waals surface area contributed by atoms with Crippen LogP contribution in [0.5, 0.6) is 0 Å². The first kappa shape index (κ1) is 16.6. The molecule has 0 aliphatic carbocycles.